The van der Waals surface area contributed by atoms with Gasteiger partial charge in [0, 0.05) is 37.3 Å². The highest BCUT2D eigenvalue weighted by molar-refractivity contribution is 6.99. The number of anilines is 1. The Morgan fingerprint density at radius 2 is 1.93 bits per heavy atom. The second-order valence-electron chi connectivity index (χ2n) is 7.58. The molecule has 1 atom stereocenters. The van der Waals surface area contributed by atoms with Crippen LogP contribution in [0.25, 0.3) is 0 Å². The number of carbonyl (C=O) groups excluding carboxylic acids is 2. The quantitative estimate of drug-likeness (QED) is 0.418. The fourth-order valence-electron chi connectivity index (χ4n) is 2.49. The molecular weight excluding hydrogens is 412 g/mol. The van der Waals surface area contributed by atoms with Crippen molar-refractivity contribution in [3.05, 3.63) is 12.2 Å². The first kappa shape index (κ1) is 24.0. The Labute approximate surface area is 180 Å². The maximum Gasteiger partial charge on any atom is 0.331 e. The van der Waals surface area contributed by atoms with E-state index in [1.165, 1.54) is 0 Å². The molecule has 1 aromatic heterocycles. The Morgan fingerprint density at radius 1 is 1.23 bits per heavy atom. The lowest BCUT2D eigenvalue weighted by atomic mass is 10.1. The van der Waals surface area contributed by atoms with Crippen LogP contribution in [0.1, 0.15) is 27.7 Å². The van der Waals surface area contributed by atoms with Crippen molar-refractivity contribution in [2.24, 2.45) is 0 Å². The van der Waals surface area contributed by atoms with Crippen LogP contribution in [0.15, 0.2) is 12.2 Å². The van der Waals surface area contributed by atoms with E-state index in [9.17, 15) is 9.59 Å². The summed E-state index contributed by atoms with van der Waals surface area (Å²) in [5.74, 6) is -0.184. The maximum atomic E-state index is 12.1. The number of aromatic nitrogens is 2. The molecule has 10 nitrogen and oxygen atoms in total. The second kappa shape index (κ2) is 11.8. The van der Waals surface area contributed by atoms with Crippen molar-refractivity contribution >= 4 is 29.5 Å². The Hall–Kier alpha value is -2.24. The lowest BCUT2D eigenvalue weighted by Gasteiger charge is -2.27. The predicted molar refractivity (Wildman–Crippen MR) is 112 cm³/mol. The fourth-order valence-corrected chi connectivity index (χ4v) is 3.01. The summed E-state index contributed by atoms with van der Waals surface area (Å²) in [6.07, 6.45) is 1.50. The summed E-state index contributed by atoms with van der Waals surface area (Å²) in [6, 6.07) is 0. The van der Waals surface area contributed by atoms with Crippen LogP contribution < -0.4 is 15.0 Å². The van der Waals surface area contributed by atoms with E-state index in [4.69, 9.17) is 18.9 Å². The monoisotopic (exact) mass is 442 g/mol. The van der Waals surface area contributed by atoms with Gasteiger partial charge in [-0.15, -0.1) is 4.37 Å². The lowest BCUT2D eigenvalue weighted by molar-refractivity contribution is -0.145. The zero-order valence-corrected chi connectivity index (χ0v) is 18.7. The number of nitrogens with zero attached hydrogens (tertiary/aromatic N) is 3. The molecule has 0 aliphatic carbocycles. The van der Waals surface area contributed by atoms with E-state index in [2.05, 4.69) is 19.0 Å². The molecule has 2 heterocycles. The molecule has 0 aromatic carbocycles. The Bertz CT molecular complexity index is 712. The van der Waals surface area contributed by atoms with Gasteiger partial charge in [0.05, 0.1) is 31.5 Å². The molecule has 0 radical (unpaired) electrons. The molecule has 1 N–H and O–H groups in total. The fraction of sp³-hybridized carbons (Fsp3) is 0.684. The molecule has 2 rings (SSSR count). The first-order chi connectivity index (χ1) is 14.3. The van der Waals surface area contributed by atoms with Gasteiger partial charge in [0.2, 0.25) is 5.82 Å². The molecule has 168 valence electrons. The molecule has 1 saturated heterocycles. The van der Waals surface area contributed by atoms with E-state index < -0.39 is 18.0 Å². The molecular formula is C19H30N4O6S. The van der Waals surface area contributed by atoms with Gasteiger partial charge >= 0.3 is 11.9 Å². The van der Waals surface area contributed by atoms with Gasteiger partial charge in [0.15, 0.2) is 0 Å². The van der Waals surface area contributed by atoms with Gasteiger partial charge < -0.3 is 29.2 Å². The molecule has 0 saturated carbocycles. The lowest BCUT2D eigenvalue weighted by Crippen LogP contribution is -2.44. The summed E-state index contributed by atoms with van der Waals surface area (Å²) in [5, 5.41) is 3.29. The molecule has 1 aliphatic heterocycles. The highest BCUT2D eigenvalue weighted by Crippen LogP contribution is 2.26. The smallest absolute Gasteiger partial charge is 0.331 e. The van der Waals surface area contributed by atoms with Gasteiger partial charge in [-0.05, 0) is 27.7 Å². The summed E-state index contributed by atoms with van der Waals surface area (Å²) < 4.78 is 30.0. The van der Waals surface area contributed by atoms with Crippen molar-refractivity contribution in [2.75, 3.05) is 51.0 Å². The van der Waals surface area contributed by atoms with Crippen molar-refractivity contribution in [2.45, 2.75) is 39.3 Å². The number of carbonyl (C=O) groups is 2. The van der Waals surface area contributed by atoms with Crippen LogP contribution in [0.5, 0.6) is 5.88 Å². The number of esters is 2. The maximum absolute atomic E-state index is 12.1. The number of hydrogen-bond acceptors (Lipinski definition) is 11. The average molecular weight is 443 g/mol. The summed E-state index contributed by atoms with van der Waals surface area (Å²) >= 11 is 1.07. The van der Waals surface area contributed by atoms with Gasteiger partial charge in [0.25, 0.3) is 5.88 Å². The van der Waals surface area contributed by atoms with E-state index in [1.807, 2.05) is 20.8 Å². The van der Waals surface area contributed by atoms with Gasteiger partial charge in [0.1, 0.15) is 12.7 Å². The van der Waals surface area contributed by atoms with Crippen LogP contribution in [0.2, 0.25) is 0 Å². The first-order valence-electron chi connectivity index (χ1n) is 9.87. The van der Waals surface area contributed by atoms with E-state index in [-0.39, 0.29) is 18.8 Å². The molecule has 1 aromatic rings. The largest absolute Gasteiger partial charge is 0.470 e. The third kappa shape index (κ3) is 8.64. The van der Waals surface area contributed by atoms with Crippen LogP contribution in [0, 0.1) is 0 Å². The summed E-state index contributed by atoms with van der Waals surface area (Å²) in [6.45, 7) is 11.1. The zero-order chi connectivity index (χ0) is 22.0. The van der Waals surface area contributed by atoms with Crippen LogP contribution >= 0.6 is 11.7 Å². The molecule has 30 heavy (non-hydrogen) atoms. The van der Waals surface area contributed by atoms with Crippen LogP contribution in [0.3, 0.4) is 0 Å². The van der Waals surface area contributed by atoms with Gasteiger partial charge in [-0.1, -0.05) is 0 Å². The highest BCUT2D eigenvalue weighted by atomic mass is 32.1. The van der Waals surface area contributed by atoms with Crippen LogP contribution in [-0.4, -0.2) is 78.4 Å². The van der Waals surface area contributed by atoms with E-state index >= 15 is 0 Å². The Balaban J connectivity index is 1.97. The standard InChI is InChI=1S/C19H30N4O6S/c1-5-27-15(24)6-7-16(25)29-14(12-20-19(2,3)4)13-28-18-17(21-30-22-18)23-8-10-26-11-9-23/h6-7,14,20H,5,8-13H2,1-4H3/b7-6-/t14-/m0/s1. The third-order valence-corrected chi connectivity index (χ3v) is 4.45. The number of nitrogens with one attached hydrogen (secondary N) is 1. The Morgan fingerprint density at radius 3 is 2.60 bits per heavy atom. The normalized spacial score (nSPS) is 15.8. The number of ether oxygens (including phenoxy) is 4. The molecule has 0 spiro atoms. The number of hydrogen-bond donors (Lipinski definition) is 1. The van der Waals surface area contributed by atoms with Crippen molar-refractivity contribution in [1.29, 1.82) is 0 Å². The molecule has 1 aliphatic rings. The minimum Gasteiger partial charge on any atom is -0.470 e. The molecule has 11 heteroatoms. The Kier molecular flexibility index (Phi) is 9.47. The summed E-state index contributed by atoms with van der Waals surface area (Å²) in [5.41, 5.74) is -0.174. The van der Waals surface area contributed by atoms with Crippen LogP contribution in [-0.2, 0) is 23.8 Å². The third-order valence-electron chi connectivity index (χ3n) is 3.94. The zero-order valence-electron chi connectivity index (χ0n) is 17.9. The SMILES string of the molecule is CCOC(=O)/C=C\C(=O)O[C@@H](CNC(C)(C)C)COc1nsnc1N1CCOCC1. The predicted octanol–water partition coefficient (Wildman–Crippen LogP) is 1.17. The summed E-state index contributed by atoms with van der Waals surface area (Å²) in [7, 11) is 0. The second-order valence-corrected chi connectivity index (χ2v) is 8.11. The van der Waals surface area contributed by atoms with Crippen molar-refractivity contribution in [3.63, 3.8) is 0 Å². The average Bonchev–Trinajstić information content (AvgIpc) is 3.17. The summed E-state index contributed by atoms with van der Waals surface area (Å²) in [4.78, 5) is 25.5. The molecule has 0 bridgehead atoms. The molecule has 0 unspecified atom stereocenters. The van der Waals surface area contributed by atoms with Crippen molar-refractivity contribution < 1.29 is 28.5 Å². The molecule has 0 amide bonds. The highest BCUT2D eigenvalue weighted by Gasteiger charge is 2.23. The van der Waals surface area contributed by atoms with Gasteiger partial charge in [-0.25, -0.2) is 9.59 Å². The van der Waals surface area contributed by atoms with Crippen molar-refractivity contribution in [3.8, 4) is 5.88 Å². The van der Waals surface area contributed by atoms with Gasteiger partial charge in [-0.2, -0.15) is 4.37 Å². The topological polar surface area (TPSA) is 112 Å². The van der Waals surface area contributed by atoms with E-state index in [0.29, 0.717) is 44.5 Å². The van der Waals surface area contributed by atoms with E-state index in [1.54, 1.807) is 6.92 Å². The van der Waals surface area contributed by atoms with Crippen LogP contribution in [0.4, 0.5) is 5.82 Å². The van der Waals surface area contributed by atoms with Gasteiger partial charge in [-0.3, -0.25) is 0 Å². The first-order valence-corrected chi connectivity index (χ1v) is 10.6. The minimum absolute atomic E-state index is 0.0881. The number of morpholine rings is 1. The van der Waals surface area contributed by atoms with Crippen molar-refractivity contribution in [1.82, 2.24) is 14.1 Å². The molecule has 1 fully saturated rings. The van der Waals surface area contributed by atoms with E-state index in [0.717, 1.165) is 23.9 Å². The number of rotatable bonds is 10. The minimum atomic E-state index is -0.655.